The van der Waals surface area contributed by atoms with E-state index >= 15 is 0 Å². The summed E-state index contributed by atoms with van der Waals surface area (Å²) in [5.74, 6) is 0.0833. The first-order valence-electron chi connectivity index (χ1n) is 7.63. The highest BCUT2D eigenvalue weighted by Gasteiger charge is 2.18. The minimum atomic E-state index is -0.405. The van der Waals surface area contributed by atoms with Crippen molar-refractivity contribution in [3.63, 3.8) is 0 Å². The molecule has 1 aromatic rings. The van der Waals surface area contributed by atoms with Crippen LogP contribution in [-0.2, 0) is 4.74 Å². The zero-order valence-corrected chi connectivity index (χ0v) is 12.6. The summed E-state index contributed by atoms with van der Waals surface area (Å²) in [7, 11) is 0. The van der Waals surface area contributed by atoms with Crippen LogP contribution in [0.2, 0.25) is 0 Å². The molecule has 0 saturated carbocycles. The molecular formula is C16H24N2O3. The summed E-state index contributed by atoms with van der Waals surface area (Å²) in [4.78, 5) is 14.6. The Bertz CT molecular complexity index is 471. The van der Waals surface area contributed by atoms with Crippen LogP contribution in [0.4, 0.5) is 5.69 Å². The Kier molecular flexibility index (Phi) is 5.87. The lowest BCUT2D eigenvalue weighted by Crippen LogP contribution is -2.22. The molecule has 5 nitrogen and oxygen atoms in total. The van der Waals surface area contributed by atoms with E-state index in [4.69, 9.17) is 15.2 Å². The highest BCUT2D eigenvalue weighted by molar-refractivity contribution is 5.98. The van der Waals surface area contributed by atoms with Crippen LogP contribution in [0.15, 0.2) is 18.2 Å². The van der Waals surface area contributed by atoms with Gasteiger partial charge in [0.25, 0.3) is 0 Å². The van der Waals surface area contributed by atoms with Crippen LogP contribution in [0, 0.1) is 0 Å². The Hall–Kier alpha value is -1.75. The molecule has 1 saturated heterocycles. The van der Waals surface area contributed by atoms with E-state index in [2.05, 4.69) is 4.90 Å². The van der Waals surface area contributed by atoms with Gasteiger partial charge in [0.05, 0.1) is 13.2 Å². The molecule has 0 radical (unpaired) electrons. The van der Waals surface area contributed by atoms with E-state index in [9.17, 15) is 4.79 Å². The first-order chi connectivity index (χ1) is 10.2. The van der Waals surface area contributed by atoms with Crippen molar-refractivity contribution in [1.29, 1.82) is 0 Å². The molecule has 1 fully saturated rings. The van der Waals surface area contributed by atoms with Crippen LogP contribution in [-0.4, -0.2) is 43.7 Å². The van der Waals surface area contributed by atoms with E-state index in [-0.39, 0.29) is 0 Å². The monoisotopic (exact) mass is 292 g/mol. The van der Waals surface area contributed by atoms with Gasteiger partial charge in [0, 0.05) is 12.2 Å². The van der Waals surface area contributed by atoms with Crippen molar-refractivity contribution in [2.45, 2.75) is 26.2 Å². The summed E-state index contributed by atoms with van der Waals surface area (Å²) in [6.45, 7) is 6.07. The molecule has 1 aliphatic rings. The highest BCUT2D eigenvalue weighted by Crippen LogP contribution is 2.25. The molecule has 0 aliphatic carbocycles. The minimum absolute atomic E-state index is 0.334. The highest BCUT2D eigenvalue weighted by atomic mass is 16.5. The number of anilines is 1. The zero-order chi connectivity index (χ0) is 15.1. The Labute approximate surface area is 126 Å². The maximum Gasteiger partial charge on any atom is 0.344 e. The topological polar surface area (TPSA) is 64.8 Å². The molecule has 2 N–H and O–H groups in total. The van der Waals surface area contributed by atoms with Gasteiger partial charge in [0.2, 0.25) is 0 Å². The van der Waals surface area contributed by atoms with Gasteiger partial charge in [0.15, 0.2) is 0 Å². The van der Waals surface area contributed by atoms with Crippen molar-refractivity contribution >= 4 is 11.7 Å². The van der Waals surface area contributed by atoms with E-state index in [0.29, 0.717) is 30.2 Å². The third-order valence-electron chi connectivity index (χ3n) is 3.61. The third-order valence-corrected chi connectivity index (χ3v) is 3.61. The smallest absolute Gasteiger partial charge is 0.344 e. The van der Waals surface area contributed by atoms with Gasteiger partial charge in [-0.1, -0.05) is 6.07 Å². The quantitative estimate of drug-likeness (QED) is 0.474. The number of likely N-dealkylation sites (tertiary alicyclic amines) is 1. The normalized spacial score (nSPS) is 15.1. The molecule has 21 heavy (non-hydrogen) atoms. The maximum absolute atomic E-state index is 12.2. The van der Waals surface area contributed by atoms with Crippen LogP contribution in [0.1, 0.15) is 36.5 Å². The summed E-state index contributed by atoms with van der Waals surface area (Å²) in [6, 6.07) is 5.19. The van der Waals surface area contributed by atoms with Crippen molar-refractivity contribution in [3.8, 4) is 5.75 Å². The molecule has 0 bridgehead atoms. The summed E-state index contributed by atoms with van der Waals surface area (Å²) in [6.07, 6.45) is 3.40. The summed E-state index contributed by atoms with van der Waals surface area (Å²) >= 11 is 0. The molecule has 116 valence electrons. The molecular weight excluding hydrogens is 268 g/mol. The van der Waals surface area contributed by atoms with Gasteiger partial charge in [-0.2, -0.15) is 0 Å². The number of carbonyl (C=O) groups excluding carboxylic acids is 1. The molecule has 1 heterocycles. The molecule has 5 heteroatoms. The first-order valence-corrected chi connectivity index (χ1v) is 7.63. The molecule has 1 aliphatic heterocycles. The first kappa shape index (κ1) is 15.6. The summed E-state index contributed by atoms with van der Waals surface area (Å²) in [5, 5.41) is 0. The number of hydrogen-bond acceptors (Lipinski definition) is 5. The largest absolute Gasteiger partial charge is 0.493 e. The number of esters is 1. The standard InChI is InChI=1S/C16H24N2O3/c1-2-20-14-8-5-7-13(17)15(14)16(19)21-12-6-11-18-9-3-4-10-18/h5,7-8H,2-4,6,9-12,17H2,1H3. The Morgan fingerprint density at radius 2 is 2.10 bits per heavy atom. The fraction of sp³-hybridized carbons (Fsp3) is 0.562. The van der Waals surface area contributed by atoms with E-state index in [1.165, 1.54) is 12.8 Å². The lowest BCUT2D eigenvalue weighted by molar-refractivity contribution is 0.0488. The van der Waals surface area contributed by atoms with E-state index < -0.39 is 5.97 Å². The van der Waals surface area contributed by atoms with E-state index in [0.717, 1.165) is 26.1 Å². The molecule has 1 aromatic carbocycles. The lowest BCUT2D eigenvalue weighted by atomic mass is 10.1. The van der Waals surface area contributed by atoms with Crippen LogP contribution >= 0.6 is 0 Å². The predicted octanol–water partition coefficient (Wildman–Crippen LogP) is 2.31. The lowest BCUT2D eigenvalue weighted by Gasteiger charge is -2.15. The van der Waals surface area contributed by atoms with Gasteiger partial charge in [0.1, 0.15) is 11.3 Å². The van der Waals surface area contributed by atoms with Crippen molar-refractivity contribution < 1.29 is 14.3 Å². The number of carbonyl (C=O) groups is 1. The van der Waals surface area contributed by atoms with Crippen LogP contribution in [0.5, 0.6) is 5.75 Å². The van der Waals surface area contributed by atoms with Gasteiger partial charge in [-0.3, -0.25) is 0 Å². The van der Waals surface area contributed by atoms with Crippen molar-refractivity contribution in [3.05, 3.63) is 23.8 Å². The molecule has 0 amide bonds. The van der Waals surface area contributed by atoms with Gasteiger partial charge >= 0.3 is 5.97 Å². The fourth-order valence-corrected chi connectivity index (χ4v) is 2.57. The number of hydrogen-bond donors (Lipinski definition) is 1. The van der Waals surface area contributed by atoms with Crippen molar-refractivity contribution in [1.82, 2.24) is 4.90 Å². The number of rotatable bonds is 7. The second-order valence-corrected chi connectivity index (χ2v) is 5.19. The predicted molar refractivity (Wildman–Crippen MR) is 82.6 cm³/mol. The summed E-state index contributed by atoms with van der Waals surface area (Å²) < 4.78 is 10.8. The number of nitrogens with zero attached hydrogens (tertiary/aromatic N) is 1. The minimum Gasteiger partial charge on any atom is -0.493 e. The number of benzene rings is 1. The van der Waals surface area contributed by atoms with Gasteiger partial charge in [-0.25, -0.2) is 4.79 Å². The summed E-state index contributed by atoms with van der Waals surface area (Å²) in [5.41, 5.74) is 6.60. The number of nitrogen functional groups attached to an aromatic ring is 1. The van der Waals surface area contributed by atoms with Crippen LogP contribution in [0.3, 0.4) is 0 Å². The number of ether oxygens (including phenoxy) is 2. The third kappa shape index (κ3) is 4.36. The fourth-order valence-electron chi connectivity index (χ4n) is 2.57. The van der Waals surface area contributed by atoms with Crippen LogP contribution < -0.4 is 10.5 Å². The zero-order valence-electron chi connectivity index (χ0n) is 12.6. The van der Waals surface area contributed by atoms with Gasteiger partial charge in [-0.05, 0) is 51.4 Å². The Balaban J connectivity index is 1.84. The number of nitrogens with two attached hydrogens (primary N) is 1. The second kappa shape index (κ2) is 7.88. The molecule has 2 rings (SSSR count). The maximum atomic E-state index is 12.2. The Morgan fingerprint density at radius 3 is 2.81 bits per heavy atom. The average molecular weight is 292 g/mol. The molecule has 0 unspecified atom stereocenters. The average Bonchev–Trinajstić information content (AvgIpc) is 2.97. The molecule has 0 spiro atoms. The van der Waals surface area contributed by atoms with E-state index in [1.807, 2.05) is 6.92 Å². The van der Waals surface area contributed by atoms with Crippen LogP contribution in [0.25, 0.3) is 0 Å². The Morgan fingerprint density at radius 1 is 1.33 bits per heavy atom. The SMILES string of the molecule is CCOc1cccc(N)c1C(=O)OCCCN1CCCC1. The van der Waals surface area contributed by atoms with Gasteiger partial charge in [-0.15, -0.1) is 0 Å². The van der Waals surface area contributed by atoms with Crippen molar-refractivity contribution in [2.24, 2.45) is 0 Å². The second-order valence-electron chi connectivity index (χ2n) is 5.19. The molecule has 0 aromatic heterocycles. The van der Waals surface area contributed by atoms with E-state index in [1.54, 1.807) is 18.2 Å². The van der Waals surface area contributed by atoms with Gasteiger partial charge < -0.3 is 20.1 Å². The molecule has 0 atom stereocenters. The van der Waals surface area contributed by atoms with Crippen molar-refractivity contribution in [2.75, 3.05) is 38.6 Å².